The van der Waals surface area contributed by atoms with Crippen LogP contribution in [0, 0.1) is 0 Å². The van der Waals surface area contributed by atoms with Gasteiger partial charge >= 0.3 is 0 Å². The predicted molar refractivity (Wildman–Crippen MR) is 165 cm³/mol. The van der Waals surface area contributed by atoms with Crippen molar-refractivity contribution >= 4 is 21.8 Å². The van der Waals surface area contributed by atoms with E-state index in [2.05, 4.69) is 5.32 Å². The highest BCUT2D eigenvalue weighted by atomic mass is 32.2. The molecule has 9 nitrogen and oxygen atoms in total. The minimum absolute atomic E-state index is 0.0454. The number of sulfonamides is 1. The van der Waals surface area contributed by atoms with Crippen molar-refractivity contribution in [3.8, 4) is 5.75 Å². The largest absolute Gasteiger partial charge is 0.497 e. The molecule has 1 saturated heterocycles. The fourth-order valence-electron chi connectivity index (χ4n) is 5.19. The first-order chi connectivity index (χ1) is 20.8. The normalized spacial score (nSPS) is 14.3. The molecule has 43 heavy (non-hydrogen) atoms. The van der Waals surface area contributed by atoms with E-state index in [-0.39, 0.29) is 36.3 Å². The lowest BCUT2D eigenvalue weighted by Gasteiger charge is -2.32. The van der Waals surface area contributed by atoms with Gasteiger partial charge in [0.15, 0.2) is 0 Å². The zero-order valence-electron chi connectivity index (χ0n) is 24.7. The Morgan fingerprint density at radius 3 is 2.21 bits per heavy atom. The van der Waals surface area contributed by atoms with Crippen LogP contribution in [-0.2, 0) is 39.0 Å². The highest BCUT2D eigenvalue weighted by Gasteiger charge is 2.30. The number of rotatable bonds is 15. The monoisotopic (exact) mass is 607 g/mol. The highest BCUT2D eigenvalue weighted by molar-refractivity contribution is 7.89. The summed E-state index contributed by atoms with van der Waals surface area (Å²) in [5, 5.41) is 12.1. The van der Waals surface area contributed by atoms with Crippen molar-refractivity contribution in [2.45, 2.75) is 56.0 Å². The molecule has 3 aromatic carbocycles. The summed E-state index contributed by atoms with van der Waals surface area (Å²) in [7, 11) is -1.92. The van der Waals surface area contributed by atoms with Gasteiger partial charge in [-0.3, -0.25) is 9.59 Å². The van der Waals surface area contributed by atoms with Crippen LogP contribution in [0.15, 0.2) is 83.8 Å². The van der Waals surface area contributed by atoms with Gasteiger partial charge in [-0.15, -0.1) is 0 Å². The van der Waals surface area contributed by atoms with E-state index in [0.717, 1.165) is 29.5 Å². The maximum absolute atomic E-state index is 13.9. The molecule has 0 aliphatic carbocycles. The fourth-order valence-corrected chi connectivity index (χ4v) is 6.71. The summed E-state index contributed by atoms with van der Waals surface area (Å²) in [6, 6.07) is 22.9. The first-order valence-corrected chi connectivity index (χ1v) is 16.2. The Morgan fingerprint density at radius 1 is 0.930 bits per heavy atom. The van der Waals surface area contributed by atoms with Gasteiger partial charge in [0.2, 0.25) is 21.8 Å². The second-order valence-electron chi connectivity index (χ2n) is 10.7. The van der Waals surface area contributed by atoms with E-state index < -0.39 is 16.1 Å². The second-order valence-corrected chi connectivity index (χ2v) is 12.6. The Balaban J connectivity index is 1.54. The summed E-state index contributed by atoms with van der Waals surface area (Å²) in [5.74, 6) is 0.220. The fraction of sp³-hybridized carbons (Fsp3) is 0.394. The molecule has 1 aliphatic rings. The maximum Gasteiger partial charge on any atom is 0.243 e. The molecule has 3 aromatic rings. The van der Waals surface area contributed by atoms with E-state index in [9.17, 15) is 23.1 Å². The smallest absolute Gasteiger partial charge is 0.243 e. The number of methoxy groups -OCH3 is 1. The van der Waals surface area contributed by atoms with E-state index in [1.54, 1.807) is 36.3 Å². The number of hydrogen-bond acceptors (Lipinski definition) is 6. The zero-order valence-corrected chi connectivity index (χ0v) is 25.5. The molecule has 4 rings (SSSR count). The van der Waals surface area contributed by atoms with E-state index in [1.165, 1.54) is 4.31 Å². The topological polar surface area (TPSA) is 116 Å². The first kappa shape index (κ1) is 32.2. The molecule has 0 spiro atoms. The van der Waals surface area contributed by atoms with E-state index in [1.807, 2.05) is 54.6 Å². The number of benzene rings is 3. The number of hydrogen-bond donors (Lipinski definition) is 2. The minimum atomic E-state index is -3.51. The number of aliphatic hydroxyl groups excluding tert-OH is 1. The average Bonchev–Trinajstić information content (AvgIpc) is 3.59. The van der Waals surface area contributed by atoms with Gasteiger partial charge < -0.3 is 20.1 Å². The Labute approximate surface area is 254 Å². The van der Waals surface area contributed by atoms with Gasteiger partial charge in [0.05, 0.1) is 12.0 Å². The number of amides is 2. The van der Waals surface area contributed by atoms with Gasteiger partial charge in [-0.1, -0.05) is 54.6 Å². The van der Waals surface area contributed by atoms with E-state index in [4.69, 9.17) is 4.74 Å². The molecule has 0 aromatic heterocycles. The molecule has 0 radical (unpaired) electrons. The van der Waals surface area contributed by atoms with Crippen molar-refractivity contribution in [1.29, 1.82) is 0 Å². The van der Waals surface area contributed by atoms with Gasteiger partial charge in [-0.2, -0.15) is 4.31 Å². The van der Waals surface area contributed by atoms with Crippen LogP contribution in [0.5, 0.6) is 5.75 Å². The highest BCUT2D eigenvalue weighted by Crippen LogP contribution is 2.22. The van der Waals surface area contributed by atoms with Crippen LogP contribution in [0.1, 0.15) is 42.4 Å². The Morgan fingerprint density at radius 2 is 1.58 bits per heavy atom. The molecule has 2 amide bonds. The predicted octanol–water partition coefficient (Wildman–Crippen LogP) is 3.55. The average molecular weight is 608 g/mol. The van der Waals surface area contributed by atoms with Crippen LogP contribution in [0.4, 0.5) is 0 Å². The van der Waals surface area contributed by atoms with Crippen molar-refractivity contribution in [3.63, 3.8) is 0 Å². The van der Waals surface area contributed by atoms with Gasteiger partial charge in [0.25, 0.3) is 0 Å². The molecule has 1 atom stereocenters. The lowest BCUT2D eigenvalue weighted by Crippen LogP contribution is -2.50. The maximum atomic E-state index is 13.9. The van der Waals surface area contributed by atoms with Crippen molar-refractivity contribution in [2.75, 3.05) is 33.4 Å². The SMILES string of the molecule is COc1ccc(CN(C(=O)CCc2ccc(S(=O)(=O)N3CCCC3)cc2)[C@H](Cc2ccccc2)C(=O)NCCCO)cc1. The summed E-state index contributed by atoms with van der Waals surface area (Å²) in [6.45, 7) is 1.57. The molecule has 1 aliphatic heterocycles. The number of ether oxygens (including phenoxy) is 1. The molecule has 10 heteroatoms. The zero-order chi connectivity index (χ0) is 30.7. The number of carbonyl (C=O) groups is 2. The molecular weight excluding hydrogens is 566 g/mol. The van der Waals surface area contributed by atoms with Crippen LogP contribution in [0.2, 0.25) is 0 Å². The third-order valence-electron chi connectivity index (χ3n) is 7.67. The molecular formula is C33H41N3O6S. The molecule has 0 bridgehead atoms. The number of aryl methyl sites for hydroxylation is 1. The van der Waals surface area contributed by atoms with Crippen molar-refractivity contribution in [2.24, 2.45) is 0 Å². The molecule has 0 saturated carbocycles. The van der Waals surface area contributed by atoms with Gasteiger partial charge in [-0.05, 0) is 66.6 Å². The first-order valence-electron chi connectivity index (χ1n) is 14.8. The third kappa shape index (κ3) is 8.89. The van der Waals surface area contributed by atoms with Gasteiger partial charge in [-0.25, -0.2) is 8.42 Å². The Hall–Kier alpha value is -3.73. The standard InChI is InChI=1S/C33H41N3O6S/c1-42-29-15-10-28(11-16-29)25-36(31(33(39)34-20-7-23-37)24-27-8-3-2-4-9-27)32(38)19-14-26-12-17-30(18-13-26)43(40,41)35-21-5-6-22-35/h2-4,8-13,15-18,31,37H,5-7,14,19-25H2,1H3,(H,34,39)/t31-/m1/s1. The summed E-state index contributed by atoms with van der Waals surface area (Å²) < 4.78 is 32.6. The number of carbonyl (C=O) groups excluding carboxylic acids is 2. The van der Waals surface area contributed by atoms with Crippen molar-refractivity contribution in [3.05, 3.63) is 95.6 Å². The third-order valence-corrected chi connectivity index (χ3v) is 9.58. The summed E-state index contributed by atoms with van der Waals surface area (Å²) in [5.41, 5.74) is 2.61. The van der Waals surface area contributed by atoms with Gasteiger partial charge in [0, 0.05) is 45.6 Å². The Bertz CT molecular complexity index is 1420. The molecule has 230 valence electrons. The Kier molecular flexibility index (Phi) is 11.7. The second kappa shape index (κ2) is 15.7. The van der Waals surface area contributed by atoms with Crippen LogP contribution < -0.4 is 10.1 Å². The summed E-state index contributed by atoms with van der Waals surface area (Å²) in [4.78, 5) is 29.3. The van der Waals surface area contributed by atoms with Crippen LogP contribution >= 0.6 is 0 Å². The number of nitrogens with zero attached hydrogens (tertiary/aromatic N) is 2. The number of nitrogens with one attached hydrogen (secondary N) is 1. The van der Waals surface area contributed by atoms with Crippen molar-refractivity contribution in [1.82, 2.24) is 14.5 Å². The minimum Gasteiger partial charge on any atom is -0.497 e. The summed E-state index contributed by atoms with van der Waals surface area (Å²) in [6.07, 6.45) is 3.03. The lowest BCUT2D eigenvalue weighted by molar-refractivity contribution is -0.141. The van der Waals surface area contributed by atoms with Crippen LogP contribution in [-0.4, -0.2) is 73.9 Å². The molecule has 0 unspecified atom stereocenters. The molecule has 2 N–H and O–H groups in total. The molecule has 1 fully saturated rings. The van der Waals surface area contributed by atoms with Gasteiger partial charge in [0.1, 0.15) is 11.8 Å². The van der Waals surface area contributed by atoms with E-state index >= 15 is 0 Å². The summed E-state index contributed by atoms with van der Waals surface area (Å²) >= 11 is 0. The van der Waals surface area contributed by atoms with Crippen LogP contribution in [0.25, 0.3) is 0 Å². The van der Waals surface area contributed by atoms with Crippen molar-refractivity contribution < 1.29 is 27.9 Å². The quantitative estimate of drug-likeness (QED) is 0.255. The molecule has 1 heterocycles. The van der Waals surface area contributed by atoms with Crippen LogP contribution in [0.3, 0.4) is 0 Å². The number of aliphatic hydroxyl groups is 1. The lowest BCUT2D eigenvalue weighted by atomic mass is 10.0. The van der Waals surface area contributed by atoms with E-state index in [0.29, 0.717) is 44.6 Å².